The second-order valence-electron chi connectivity index (χ2n) is 4.87. The van der Waals surface area contributed by atoms with Crippen molar-refractivity contribution in [3.63, 3.8) is 0 Å². The summed E-state index contributed by atoms with van der Waals surface area (Å²) in [6, 6.07) is 5.78. The molecule has 1 aliphatic carbocycles. The van der Waals surface area contributed by atoms with Crippen molar-refractivity contribution in [3.05, 3.63) is 35.4 Å². The minimum atomic E-state index is -0.493. The SMILES string of the molecule is N#CC1(Cc2cc(F)ccc2F)CCCCC1. The van der Waals surface area contributed by atoms with E-state index in [2.05, 4.69) is 6.07 Å². The molecule has 0 bridgehead atoms. The molecule has 1 fully saturated rings. The summed E-state index contributed by atoms with van der Waals surface area (Å²) in [7, 11) is 0. The second-order valence-corrected chi connectivity index (χ2v) is 4.87. The highest BCUT2D eigenvalue weighted by atomic mass is 19.1. The van der Waals surface area contributed by atoms with E-state index in [1.165, 1.54) is 6.07 Å². The second kappa shape index (κ2) is 4.83. The van der Waals surface area contributed by atoms with E-state index in [-0.39, 0.29) is 0 Å². The summed E-state index contributed by atoms with van der Waals surface area (Å²) in [6.07, 6.45) is 5.05. The Morgan fingerprint density at radius 2 is 1.88 bits per heavy atom. The van der Waals surface area contributed by atoms with Gasteiger partial charge in [0.25, 0.3) is 0 Å². The molecule has 0 heterocycles. The Morgan fingerprint density at radius 3 is 2.53 bits per heavy atom. The molecular weight excluding hydrogens is 220 g/mol. The Kier molecular flexibility index (Phi) is 3.42. The largest absolute Gasteiger partial charge is 0.207 e. The average Bonchev–Trinajstić information content (AvgIpc) is 2.35. The van der Waals surface area contributed by atoms with Crippen molar-refractivity contribution >= 4 is 0 Å². The summed E-state index contributed by atoms with van der Waals surface area (Å²) in [5, 5.41) is 9.30. The highest BCUT2D eigenvalue weighted by Crippen LogP contribution is 2.39. The molecule has 0 aromatic heterocycles. The van der Waals surface area contributed by atoms with Gasteiger partial charge in [0.15, 0.2) is 0 Å². The molecule has 90 valence electrons. The summed E-state index contributed by atoms with van der Waals surface area (Å²) >= 11 is 0. The van der Waals surface area contributed by atoms with Crippen molar-refractivity contribution in [2.24, 2.45) is 5.41 Å². The number of halogens is 2. The predicted octanol–water partition coefficient (Wildman–Crippen LogP) is 3.98. The van der Waals surface area contributed by atoms with Crippen LogP contribution in [0, 0.1) is 28.4 Å². The van der Waals surface area contributed by atoms with Crippen molar-refractivity contribution in [1.29, 1.82) is 5.26 Å². The van der Waals surface area contributed by atoms with Crippen LogP contribution in [0.4, 0.5) is 8.78 Å². The predicted molar refractivity (Wildman–Crippen MR) is 61.2 cm³/mol. The third-order valence-electron chi connectivity index (χ3n) is 3.58. The fourth-order valence-electron chi connectivity index (χ4n) is 2.60. The first-order valence-corrected chi connectivity index (χ1v) is 6.00. The van der Waals surface area contributed by atoms with E-state index in [1.807, 2.05) is 0 Å². The van der Waals surface area contributed by atoms with Crippen LogP contribution in [-0.4, -0.2) is 0 Å². The van der Waals surface area contributed by atoms with Gasteiger partial charge in [-0.3, -0.25) is 0 Å². The van der Waals surface area contributed by atoms with Gasteiger partial charge in [0.2, 0.25) is 0 Å². The van der Waals surface area contributed by atoms with Gasteiger partial charge in [-0.2, -0.15) is 5.26 Å². The van der Waals surface area contributed by atoms with E-state index in [1.54, 1.807) is 0 Å². The molecule has 17 heavy (non-hydrogen) atoms. The molecular formula is C14H15F2N. The third-order valence-corrected chi connectivity index (χ3v) is 3.58. The number of rotatable bonds is 2. The number of hydrogen-bond donors (Lipinski definition) is 0. The van der Waals surface area contributed by atoms with E-state index in [9.17, 15) is 14.0 Å². The van der Waals surface area contributed by atoms with E-state index >= 15 is 0 Å². The fourth-order valence-corrected chi connectivity index (χ4v) is 2.60. The summed E-state index contributed by atoms with van der Waals surface area (Å²) in [6.45, 7) is 0. The van der Waals surface area contributed by atoms with Gasteiger partial charge in [0.1, 0.15) is 11.6 Å². The van der Waals surface area contributed by atoms with Crippen molar-refractivity contribution in [1.82, 2.24) is 0 Å². The molecule has 1 aliphatic rings. The van der Waals surface area contributed by atoms with Gasteiger partial charge < -0.3 is 0 Å². The van der Waals surface area contributed by atoms with Crippen LogP contribution in [0.1, 0.15) is 37.7 Å². The van der Waals surface area contributed by atoms with Crippen LogP contribution in [-0.2, 0) is 6.42 Å². The quantitative estimate of drug-likeness (QED) is 0.760. The van der Waals surface area contributed by atoms with Gasteiger partial charge in [-0.1, -0.05) is 19.3 Å². The van der Waals surface area contributed by atoms with Crippen LogP contribution in [0.5, 0.6) is 0 Å². The van der Waals surface area contributed by atoms with Crippen LogP contribution in [0.25, 0.3) is 0 Å². The average molecular weight is 235 g/mol. The molecule has 0 radical (unpaired) electrons. The lowest BCUT2D eigenvalue weighted by Gasteiger charge is -2.30. The molecule has 0 spiro atoms. The first-order valence-electron chi connectivity index (χ1n) is 6.00. The molecule has 3 heteroatoms. The van der Waals surface area contributed by atoms with Gasteiger partial charge in [-0.15, -0.1) is 0 Å². The highest BCUT2D eigenvalue weighted by Gasteiger charge is 2.33. The van der Waals surface area contributed by atoms with Crippen LogP contribution in [0.15, 0.2) is 18.2 Å². The molecule has 1 nitrogen and oxygen atoms in total. The summed E-state index contributed by atoms with van der Waals surface area (Å²) in [4.78, 5) is 0. The smallest absolute Gasteiger partial charge is 0.126 e. The lowest BCUT2D eigenvalue weighted by Crippen LogP contribution is -2.25. The molecule has 0 atom stereocenters. The molecule has 1 saturated carbocycles. The maximum Gasteiger partial charge on any atom is 0.126 e. The van der Waals surface area contributed by atoms with Crippen molar-refractivity contribution in [3.8, 4) is 6.07 Å². The summed E-state index contributed by atoms with van der Waals surface area (Å²) in [5.41, 5.74) is -0.166. The van der Waals surface area contributed by atoms with Gasteiger partial charge in [-0.25, -0.2) is 8.78 Å². The Morgan fingerprint density at radius 1 is 1.18 bits per heavy atom. The number of benzene rings is 1. The molecule has 2 rings (SSSR count). The van der Waals surface area contributed by atoms with Gasteiger partial charge in [0.05, 0.1) is 11.5 Å². The van der Waals surface area contributed by atoms with Crippen LogP contribution in [0.2, 0.25) is 0 Å². The van der Waals surface area contributed by atoms with E-state index < -0.39 is 17.0 Å². The number of hydrogen-bond acceptors (Lipinski definition) is 1. The molecule has 0 saturated heterocycles. The first kappa shape index (κ1) is 12.0. The zero-order valence-corrected chi connectivity index (χ0v) is 9.68. The number of nitriles is 1. The summed E-state index contributed by atoms with van der Waals surface area (Å²) in [5.74, 6) is -0.850. The van der Waals surface area contributed by atoms with Crippen molar-refractivity contribution < 1.29 is 8.78 Å². The monoisotopic (exact) mass is 235 g/mol. The molecule has 1 aromatic carbocycles. The Bertz CT molecular complexity index is 442. The normalized spacial score (nSPS) is 18.6. The lowest BCUT2D eigenvalue weighted by molar-refractivity contribution is 0.263. The van der Waals surface area contributed by atoms with Crippen LogP contribution in [0.3, 0.4) is 0 Å². The fraction of sp³-hybridized carbons (Fsp3) is 0.500. The minimum absolute atomic E-state index is 0.326. The zero-order valence-electron chi connectivity index (χ0n) is 9.68. The van der Waals surface area contributed by atoms with E-state index in [0.29, 0.717) is 12.0 Å². The van der Waals surface area contributed by atoms with Gasteiger partial charge >= 0.3 is 0 Å². The van der Waals surface area contributed by atoms with Crippen molar-refractivity contribution in [2.45, 2.75) is 38.5 Å². The van der Waals surface area contributed by atoms with Crippen molar-refractivity contribution in [2.75, 3.05) is 0 Å². The lowest BCUT2D eigenvalue weighted by atomic mass is 9.71. The Hall–Kier alpha value is -1.43. The number of nitrogens with zero attached hydrogens (tertiary/aromatic N) is 1. The van der Waals surface area contributed by atoms with Crippen LogP contribution >= 0.6 is 0 Å². The minimum Gasteiger partial charge on any atom is -0.207 e. The molecule has 1 aromatic rings. The zero-order chi connectivity index (χ0) is 12.3. The summed E-state index contributed by atoms with van der Waals surface area (Å²) < 4.78 is 26.6. The molecule has 0 unspecified atom stereocenters. The third kappa shape index (κ3) is 2.63. The Labute approximate surface area is 100 Å². The van der Waals surface area contributed by atoms with Gasteiger partial charge in [-0.05, 0) is 43.0 Å². The van der Waals surface area contributed by atoms with E-state index in [4.69, 9.17) is 0 Å². The van der Waals surface area contributed by atoms with Crippen LogP contribution < -0.4 is 0 Å². The maximum absolute atomic E-state index is 13.6. The molecule has 0 N–H and O–H groups in total. The van der Waals surface area contributed by atoms with E-state index in [0.717, 1.165) is 44.2 Å². The topological polar surface area (TPSA) is 23.8 Å². The molecule has 0 amide bonds. The van der Waals surface area contributed by atoms with Gasteiger partial charge in [0, 0.05) is 0 Å². The Balaban J connectivity index is 2.23. The molecule has 0 aliphatic heterocycles. The maximum atomic E-state index is 13.6. The highest BCUT2D eigenvalue weighted by molar-refractivity contribution is 5.22. The standard InChI is InChI=1S/C14H15F2N/c15-12-4-5-13(16)11(8-12)9-14(10-17)6-2-1-3-7-14/h4-5,8H,1-3,6-7,9H2. The first-order chi connectivity index (χ1) is 8.15.